The average Bonchev–Trinajstić information content (AvgIpc) is 2.72. The number of rotatable bonds is 7. The molecule has 3 rings (SSSR count). The molecule has 3 aromatic rings. The third-order valence-corrected chi connectivity index (χ3v) is 5.58. The Morgan fingerprint density at radius 1 is 0.931 bits per heavy atom. The van der Waals surface area contributed by atoms with Crippen molar-refractivity contribution >= 4 is 39.4 Å². The second-order valence-electron chi connectivity index (χ2n) is 6.59. The zero-order valence-electron chi connectivity index (χ0n) is 15.4. The summed E-state index contributed by atoms with van der Waals surface area (Å²) in [6, 6.07) is 22.7. The maximum Gasteiger partial charge on any atom is 0.326 e. The van der Waals surface area contributed by atoms with Crippen LogP contribution in [-0.4, -0.2) is 23.0 Å². The van der Waals surface area contributed by atoms with Gasteiger partial charge in [-0.1, -0.05) is 88.2 Å². The molecule has 0 heterocycles. The summed E-state index contributed by atoms with van der Waals surface area (Å²) in [5.41, 5.74) is 2.30. The molecule has 1 atom stereocenters. The number of carboxylic acids is 1. The predicted octanol–water partition coefficient (Wildman–Crippen LogP) is 5.05. The zero-order chi connectivity index (χ0) is 20.8. The van der Waals surface area contributed by atoms with Gasteiger partial charge >= 0.3 is 5.97 Å². The second-order valence-corrected chi connectivity index (χ2v) is 7.88. The van der Waals surface area contributed by atoms with Crippen molar-refractivity contribution in [1.29, 1.82) is 0 Å². The van der Waals surface area contributed by atoms with Crippen molar-refractivity contribution in [2.24, 2.45) is 0 Å². The quantitative estimate of drug-likeness (QED) is 0.506. The summed E-state index contributed by atoms with van der Waals surface area (Å²) in [5.74, 6) is -2.08. The van der Waals surface area contributed by atoms with Crippen LogP contribution in [0.25, 0.3) is 0 Å². The van der Waals surface area contributed by atoms with E-state index in [9.17, 15) is 14.7 Å². The summed E-state index contributed by atoms with van der Waals surface area (Å²) in [4.78, 5) is 25.1. The van der Waals surface area contributed by atoms with E-state index in [2.05, 4.69) is 21.2 Å². The first kappa shape index (κ1) is 21.1. The maximum atomic E-state index is 13.2. The highest BCUT2D eigenvalue weighted by atomic mass is 79.9. The van der Waals surface area contributed by atoms with Crippen LogP contribution in [-0.2, 0) is 16.0 Å². The summed E-state index contributed by atoms with van der Waals surface area (Å²) < 4.78 is 0.741. The van der Waals surface area contributed by atoms with Crippen LogP contribution >= 0.6 is 27.5 Å². The number of hydrogen-bond acceptors (Lipinski definition) is 2. The molecule has 0 saturated heterocycles. The Morgan fingerprint density at radius 3 is 2.00 bits per heavy atom. The molecule has 148 valence electrons. The molecule has 0 aliphatic carbocycles. The van der Waals surface area contributed by atoms with Crippen molar-refractivity contribution in [2.75, 3.05) is 0 Å². The van der Waals surface area contributed by atoms with Crippen LogP contribution < -0.4 is 5.32 Å². The number of halogens is 2. The van der Waals surface area contributed by atoms with Crippen molar-refractivity contribution < 1.29 is 14.7 Å². The SMILES string of the molecule is O=C(N[C@@H](Cc1cc(Cl)ccc1Br)C(=O)O)C(c1ccccc1)c1ccccc1. The van der Waals surface area contributed by atoms with E-state index in [-0.39, 0.29) is 12.3 Å². The van der Waals surface area contributed by atoms with Crippen molar-refractivity contribution in [3.05, 3.63) is 105 Å². The van der Waals surface area contributed by atoms with Gasteiger partial charge in [-0.3, -0.25) is 4.79 Å². The van der Waals surface area contributed by atoms with Crippen molar-refractivity contribution in [1.82, 2.24) is 5.32 Å². The second kappa shape index (κ2) is 9.72. The first-order valence-corrected chi connectivity index (χ1v) is 10.2. The number of carboxylic acid groups (broad SMARTS) is 1. The van der Waals surface area contributed by atoms with Gasteiger partial charge in [-0.15, -0.1) is 0 Å². The fourth-order valence-electron chi connectivity index (χ4n) is 3.16. The van der Waals surface area contributed by atoms with Gasteiger partial charge < -0.3 is 10.4 Å². The van der Waals surface area contributed by atoms with Crippen molar-refractivity contribution in [3.63, 3.8) is 0 Å². The van der Waals surface area contributed by atoms with Gasteiger partial charge in [0.25, 0.3) is 0 Å². The van der Waals surface area contributed by atoms with Crippen molar-refractivity contribution in [2.45, 2.75) is 18.4 Å². The number of benzene rings is 3. The average molecular weight is 473 g/mol. The maximum absolute atomic E-state index is 13.2. The molecule has 0 radical (unpaired) electrons. The van der Waals surface area contributed by atoms with Gasteiger partial charge in [0, 0.05) is 15.9 Å². The van der Waals surface area contributed by atoms with Gasteiger partial charge in [-0.05, 0) is 34.9 Å². The Bertz CT molecular complexity index is 956. The summed E-state index contributed by atoms with van der Waals surface area (Å²) in [6.45, 7) is 0. The van der Waals surface area contributed by atoms with E-state index < -0.39 is 17.9 Å². The highest BCUT2D eigenvalue weighted by Crippen LogP contribution is 2.26. The normalized spacial score (nSPS) is 11.8. The van der Waals surface area contributed by atoms with Crippen LogP contribution in [0, 0.1) is 0 Å². The highest BCUT2D eigenvalue weighted by molar-refractivity contribution is 9.10. The third-order valence-electron chi connectivity index (χ3n) is 4.57. The highest BCUT2D eigenvalue weighted by Gasteiger charge is 2.28. The molecule has 4 nitrogen and oxygen atoms in total. The largest absolute Gasteiger partial charge is 0.480 e. The van der Waals surface area contributed by atoms with Crippen LogP contribution in [0.15, 0.2) is 83.3 Å². The molecule has 0 unspecified atom stereocenters. The molecule has 3 aromatic carbocycles. The van der Waals surface area contributed by atoms with E-state index in [1.165, 1.54) is 0 Å². The topological polar surface area (TPSA) is 66.4 Å². The van der Waals surface area contributed by atoms with Gasteiger partial charge in [0.2, 0.25) is 5.91 Å². The number of aliphatic carboxylic acids is 1. The van der Waals surface area contributed by atoms with E-state index >= 15 is 0 Å². The summed E-state index contributed by atoms with van der Waals surface area (Å²) in [7, 11) is 0. The van der Waals surface area contributed by atoms with Crippen molar-refractivity contribution in [3.8, 4) is 0 Å². The molecule has 0 bridgehead atoms. The molecular weight excluding hydrogens is 454 g/mol. The van der Waals surface area contributed by atoms with Gasteiger partial charge in [-0.25, -0.2) is 4.79 Å². The molecule has 2 N–H and O–H groups in total. The Hall–Kier alpha value is -2.63. The van der Waals surface area contributed by atoms with Crippen LogP contribution in [0.2, 0.25) is 5.02 Å². The monoisotopic (exact) mass is 471 g/mol. The minimum Gasteiger partial charge on any atom is -0.480 e. The van der Waals surface area contributed by atoms with Crippen LogP contribution in [0.1, 0.15) is 22.6 Å². The Labute approximate surface area is 182 Å². The zero-order valence-corrected chi connectivity index (χ0v) is 17.7. The molecule has 29 heavy (non-hydrogen) atoms. The third kappa shape index (κ3) is 5.46. The molecule has 6 heteroatoms. The smallest absolute Gasteiger partial charge is 0.326 e. The Kier molecular flexibility index (Phi) is 7.07. The van der Waals surface area contributed by atoms with Gasteiger partial charge in [0.15, 0.2) is 0 Å². The van der Waals surface area contributed by atoms with Crippen LogP contribution in [0.5, 0.6) is 0 Å². The minimum atomic E-state index is -1.11. The molecular formula is C23H19BrClNO3. The summed E-state index contributed by atoms with van der Waals surface area (Å²) in [6.07, 6.45) is 0.110. The lowest BCUT2D eigenvalue weighted by molar-refractivity contribution is -0.141. The van der Waals surface area contributed by atoms with E-state index in [4.69, 9.17) is 11.6 Å². The lowest BCUT2D eigenvalue weighted by atomic mass is 9.90. The molecule has 0 fully saturated rings. The van der Waals surface area contributed by atoms with E-state index in [1.54, 1.807) is 18.2 Å². The summed E-state index contributed by atoms with van der Waals surface area (Å²) >= 11 is 9.45. The molecule has 0 aliphatic rings. The minimum absolute atomic E-state index is 0.110. The lowest BCUT2D eigenvalue weighted by Gasteiger charge is -2.22. The predicted molar refractivity (Wildman–Crippen MR) is 117 cm³/mol. The first-order valence-electron chi connectivity index (χ1n) is 9.02. The summed E-state index contributed by atoms with van der Waals surface area (Å²) in [5, 5.41) is 12.9. The van der Waals surface area contributed by atoms with E-state index in [1.807, 2.05) is 60.7 Å². The fraction of sp³-hybridized carbons (Fsp3) is 0.130. The molecule has 0 aromatic heterocycles. The Balaban J connectivity index is 1.88. The molecule has 0 saturated carbocycles. The fourth-order valence-corrected chi connectivity index (χ4v) is 3.76. The number of carbonyl (C=O) groups is 2. The number of carbonyl (C=O) groups excluding carboxylic acids is 1. The molecule has 0 spiro atoms. The number of amides is 1. The van der Waals surface area contributed by atoms with Crippen LogP contribution in [0.3, 0.4) is 0 Å². The van der Waals surface area contributed by atoms with Gasteiger partial charge in [0.1, 0.15) is 6.04 Å². The van der Waals surface area contributed by atoms with E-state index in [0.29, 0.717) is 10.6 Å². The standard InChI is InChI=1S/C23H19BrClNO3/c24-19-12-11-18(25)13-17(19)14-20(23(28)29)26-22(27)21(15-7-3-1-4-8-15)16-9-5-2-6-10-16/h1-13,20-21H,14H2,(H,26,27)(H,28,29)/t20-/m0/s1. The lowest BCUT2D eigenvalue weighted by Crippen LogP contribution is -2.44. The molecule has 0 aliphatic heterocycles. The number of hydrogen-bond donors (Lipinski definition) is 2. The molecule has 1 amide bonds. The van der Waals surface area contributed by atoms with E-state index in [0.717, 1.165) is 15.6 Å². The Morgan fingerprint density at radius 2 is 1.48 bits per heavy atom. The first-order chi connectivity index (χ1) is 14.0. The van der Waals surface area contributed by atoms with Gasteiger partial charge in [-0.2, -0.15) is 0 Å². The van der Waals surface area contributed by atoms with Crippen LogP contribution in [0.4, 0.5) is 0 Å². The number of nitrogens with one attached hydrogen (secondary N) is 1. The van der Waals surface area contributed by atoms with Gasteiger partial charge in [0.05, 0.1) is 5.92 Å².